The van der Waals surface area contributed by atoms with Crippen LogP contribution in [0.2, 0.25) is 15.1 Å². The predicted octanol–water partition coefficient (Wildman–Crippen LogP) is 5.08. The second-order valence-corrected chi connectivity index (χ2v) is 6.18. The maximum Gasteiger partial charge on any atom is 0.258 e. The zero-order valence-electron chi connectivity index (χ0n) is 11.4. The fraction of sp³-hybridized carbons (Fsp3) is 0.0667. The molecule has 0 saturated carbocycles. The molecule has 0 spiro atoms. The molecule has 114 valence electrons. The molecule has 1 amide bonds. The fourth-order valence-electron chi connectivity index (χ4n) is 1.76. The summed E-state index contributed by atoms with van der Waals surface area (Å²) in [6, 6.07) is 9.93. The first-order valence-electron chi connectivity index (χ1n) is 6.20. The highest BCUT2D eigenvalue weighted by atomic mass is 35.5. The molecule has 0 aliphatic carbocycles. The summed E-state index contributed by atoms with van der Waals surface area (Å²) in [5.74, 6) is -0.411. The van der Waals surface area contributed by atoms with Gasteiger partial charge in [-0.15, -0.1) is 0 Å². The summed E-state index contributed by atoms with van der Waals surface area (Å²) in [6.45, 7) is 1.88. The van der Waals surface area contributed by atoms with Crippen LogP contribution < -0.4 is 10.6 Å². The van der Waals surface area contributed by atoms with Crippen molar-refractivity contribution in [1.82, 2.24) is 5.32 Å². The van der Waals surface area contributed by atoms with Gasteiger partial charge in [-0.2, -0.15) is 0 Å². The Morgan fingerprint density at radius 1 is 1.05 bits per heavy atom. The van der Waals surface area contributed by atoms with Crippen molar-refractivity contribution in [2.24, 2.45) is 0 Å². The minimum Gasteiger partial charge on any atom is -0.332 e. The number of halogens is 3. The summed E-state index contributed by atoms with van der Waals surface area (Å²) in [7, 11) is 0. The fourth-order valence-corrected chi connectivity index (χ4v) is 2.69. The first kappa shape index (κ1) is 17.0. The summed E-state index contributed by atoms with van der Waals surface area (Å²) in [4.78, 5) is 12.1. The van der Waals surface area contributed by atoms with E-state index < -0.39 is 5.91 Å². The molecule has 0 saturated heterocycles. The molecule has 0 aliphatic heterocycles. The van der Waals surface area contributed by atoms with E-state index in [1.165, 1.54) is 12.1 Å². The second kappa shape index (κ2) is 7.29. The van der Waals surface area contributed by atoms with Gasteiger partial charge in [-0.1, -0.05) is 34.8 Å². The van der Waals surface area contributed by atoms with Gasteiger partial charge in [0.05, 0.1) is 10.6 Å². The minimum atomic E-state index is -0.411. The topological polar surface area (TPSA) is 41.1 Å². The smallest absolute Gasteiger partial charge is 0.258 e. The highest BCUT2D eigenvalue weighted by Crippen LogP contribution is 2.21. The Balaban J connectivity index is 2.06. The van der Waals surface area contributed by atoms with Crippen LogP contribution in [-0.2, 0) is 0 Å². The Bertz CT molecular complexity index is 750. The van der Waals surface area contributed by atoms with Crippen molar-refractivity contribution in [2.75, 3.05) is 5.32 Å². The van der Waals surface area contributed by atoms with Crippen molar-refractivity contribution >= 4 is 63.7 Å². The number of carbonyl (C=O) groups is 1. The van der Waals surface area contributed by atoms with E-state index >= 15 is 0 Å². The van der Waals surface area contributed by atoms with Crippen molar-refractivity contribution in [2.45, 2.75) is 6.92 Å². The molecule has 7 heteroatoms. The zero-order chi connectivity index (χ0) is 16.3. The molecular weight excluding hydrogens is 363 g/mol. The van der Waals surface area contributed by atoms with E-state index in [4.69, 9.17) is 47.0 Å². The van der Waals surface area contributed by atoms with E-state index in [2.05, 4.69) is 10.6 Å². The molecule has 0 aromatic heterocycles. The van der Waals surface area contributed by atoms with Crippen molar-refractivity contribution < 1.29 is 4.79 Å². The molecule has 0 fully saturated rings. The van der Waals surface area contributed by atoms with Crippen LogP contribution in [0, 0.1) is 6.92 Å². The van der Waals surface area contributed by atoms with Crippen LogP contribution >= 0.6 is 47.0 Å². The Labute approximate surface area is 148 Å². The summed E-state index contributed by atoms with van der Waals surface area (Å²) < 4.78 is 0. The summed E-state index contributed by atoms with van der Waals surface area (Å²) in [6.07, 6.45) is 0. The highest BCUT2D eigenvalue weighted by molar-refractivity contribution is 7.80. The van der Waals surface area contributed by atoms with Gasteiger partial charge in [-0.25, -0.2) is 0 Å². The van der Waals surface area contributed by atoms with Gasteiger partial charge in [0, 0.05) is 15.7 Å². The summed E-state index contributed by atoms with van der Waals surface area (Å²) in [5.41, 5.74) is 1.97. The Hall–Kier alpha value is -1.33. The van der Waals surface area contributed by atoms with Crippen LogP contribution in [0.15, 0.2) is 36.4 Å². The first-order valence-corrected chi connectivity index (χ1v) is 7.74. The number of thiocarbonyl (C=S) groups is 1. The number of anilines is 1. The quantitative estimate of drug-likeness (QED) is 0.721. The molecule has 0 unspecified atom stereocenters. The molecule has 0 atom stereocenters. The third-order valence-corrected chi connectivity index (χ3v) is 3.83. The monoisotopic (exact) mass is 372 g/mol. The molecule has 0 radical (unpaired) electrons. The molecule has 2 N–H and O–H groups in total. The maximum atomic E-state index is 12.1. The number of benzene rings is 2. The van der Waals surface area contributed by atoms with E-state index in [9.17, 15) is 4.79 Å². The number of rotatable bonds is 2. The Kier molecular flexibility index (Phi) is 5.64. The van der Waals surface area contributed by atoms with Crippen LogP contribution in [0.25, 0.3) is 0 Å². The van der Waals surface area contributed by atoms with E-state index in [1.54, 1.807) is 24.3 Å². The Morgan fingerprint density at radius 3 is 2.32 bits per heavy atom. The van der Waals surface area contributed by atoms with Crippen molar-refractivity contribution in [3.05, 3.63) is 62.6 Å². The molecule has 2 aromatic rings. The number of aryl methyl sites for hydroxylation is 1. The molecule has 3 nitrogen and oxygen atoms in total. The largest absolute Gasteiger partial charge is 0.332 e. The SMILES string of the molecule is Cc1cc(Cl)ccc1NC(=S)NC(=O)c1ccc(Cl)cc1Cl. The average molecular weight is 374 g/mol. The van der Waals surface area contributed by atoms with Crippen LogP contribution in [0.3, 0.4) is 0 Å². The lowest BCUT2D eigenvalue weighted by Crippen LogP contribution is -2.34. The van der Waals surface area contributed by atoms with Gasteiger partial charge in [-0.05, 0) is 61.1 Å². The standard InChI is InChI=1S/C15H11Cl3N2OS/c1-8-6-9(16)3-5-13(8)19-15(22)20-14(21)11-4-2-10(17)7-12(11)18/h2-7H,1H3,(H2,19,20,21,22). The number of hydrogen-bond donors (Lipinski definition) is 2. The normalized spacial score (nSPS) is 10.2. The summed E-state index contributed by atoms with van der Waals surface area (Å²) >= 11 is 22.8. The van der Waals surface area contributed by atoms with Crippen molar-refractivity contribution in [3.63, 3.8) is 0 Å². The van der Waals surface area contributed by atoms with E-state index in [0.717, 1.165) is 11.3 Å². The number of hydrogen-bond acceptors (Lipinski definition) is 2. The molecule has 0 bridgehead atoms. The van der Waals surface area contributed by atoms with Gasteiger partial charge >= 0.3 is 0 Å². The van der Waals surface area contributed by atoms with E-state index in [-0.39, 0.29) is 10.1 Å². The zero-order valence-corrected chi connectivity index (χ0v) is 14.5. The molecule has 0 aliphatic rings. The molecule has 0 heterocycles. The molecule has 2 aromatic carbocycles. The highest BCUT2D eigenvalue weighted by Gasteiger charge is 2.12. The lowest BCUT2D eigenvalue weighted by atomic mass is 10.2. The first-order chi connectivity index (χ1) is 10.4. The second-order valence-electron chi connectivity index (χ2n) is 4.49. The third kappa shape index (κ3) is 4.34. The number of carbonyl (C=O) groups excluding carboxylic acids is 1. The number of amides is 1. The van der Waals surface area contributed by atoms with Crippen LogP contribution in [0.1, 0.15) is 15.9 Å². The van der Waals surface area contributed by atoms with Gasteiger partial charge in [0.2, 0.25) is 0 Å². The van der Waals surface area contributed by atoms with Gasteiger partial charge in [-0.3, -0.25) is 10.1 Å². The number of nitrogens with one attached hydrogen (secondary N) is 2. The van der Waals surface area contributed by atoms with E-state index in [1.807, 2.05) is 6.92 Å². The average Bonchev–Trinajstić information content (AvgIpc) is 2.41. The lowest BCUT2D eigenvalue weighted by Gasteiger charge is -2.12. The minimum absolute atomic E-state index is 0.168. The molecular formula is C15H11Cl3N2OS. The molecule has 22 heavy (non-hydrogen) atoms. The van der Waals surface area contributed by atoms with Crippen molar-refractivity contribution in [3.8, 4) is 0 Å². The van der Waals surface area contributed by atoms with Crippen molar-refractivity contribution in [1.29, 1.82) is 0 Å². The van der Waals surface area contributed by atoms with Crippen LogP contribution in [0.4, 0.5) is 5.69 Å². The predicted molar refractivity (Wildman–Crippen MR) is 96.3 cm³/mol. The Morgan fingerprint density at radius 2 is 1.68 bits per heavy atom. The van der Waals surface area contributed by atoms with Crippen LogP contribution in [0.5, 0.6) is 0 Å². The third-order valence-electron chi connectivity index (χ3n) is 2.84. The maximum absolute atomic E-state index is 12.1. The van der Waals surface area contributed by atoms with Crippen LogP contribution in [-0.4, -0.2) is 11.0 Å². The van der Waals surface area contributed by atoms with Gasteiger partial charge in [0.15, 0.2) is 5.11 Å². The van der Waals surface area contributed by atoms with E-state index in [0.29, 0.717) is 15.6 Å². The van der Waals surface area contributed by atoms with Gasteiger partial charge in [0.25, 0.3) is 5.91 Å². The molecule has 2 rings (SSSR count). The van der Waals surface area contributed by atoms with Gasteiger partial charge < -0.3 is 5.32 Å². The lowest BCUT2D eigenvalue weighted by molar-refractivity contribution is 0.0978. The summed E-state index contributed by atoms with van der Waals surface area (Å²) in [5, 5.41) is 7.02. The van der Waals surface area contributed by atoms with Gasteiger partial charge in [0.1, 0.15) is 0 Å².